The fourth-order valence-electron chi connectivity index (χ4n) is 1.82. The van der Waals surface area contributed by atoms with E-state index in [1.807, 2.05) is 0 Å². The molecule has 0 spiro atoms. The average Bonchev–Trinajstić information content (AvgIpc) is 2.73. The molecule has 0 aliphatic heterocycles. The summed E-state index contributed by atoms with van der Waals surface area (Å²) in [5.74, 6) is 0. The van der Waals surface area contributed by atoms with E-state index in [0.29, 0.717) is 0 Å². The molecule has 1 nitrogen and oxygen atoms in total. The Balaban J connectivity index is 2.45. The van der Waals surface area contributed by atoms with Gasteiger partial charge in [0.15, 0.2) is 0 Å². The summed E-state index contributed by atoms with van der Waals surface area (Å²) < 4.78 is 3.35. The van der Waals surface area contributed by atoms with Gasteiger partial charge in [0, 0.05) is 18.8 Å². The van der Waals surface area contributed by atoms with Crippen molar-refractivity contribution in [3.8, 4) is 0 Å². The number of benzene rings is 1. The highest BCUT2D eigenvalue weighted by Gasteiger charge is 2.18. The molecule has 0 fully saturated rings. The lowest BCUT2D eigenvalue weighted by Crippen LogP contribution is -2.22. The summed E-state index contributed by atoms with van der Waals surface area (Å²) in [5, 5.41) is 7.84. The van der Waals surface area contributed by atoms with Crippen molar-refractivity contribution in [3.05, 3.63) is 53.5 Å². The van der Waals surface area contributed by atoms with E-state index < -0.39 is 0 Å². The molecule has 96 valence electrons. The maximum Gasteiger partial charge on any atom is 0.0607 e. The summed E-state index contributed by atoms with van der Waals surface area (Å²) in [4.78, 5) is 0. The van der Waals surface area contributed by atoms with Gasteiger partial charge in [0.1, 0.15) is 0 Å². The van der Waals surface area contributed by atoms with Crippen LogP contribution in [-0.4, -0.2) is 6.54 Å². The average molecular weight is 454 g/mol. The number of nitrogens with one attached hydrogen (secondary N) is 1. The minimum Gasteiger partial charge on any atom is -0.306 e. The van der Waals surface area contributed by atoms with E-state index in [1.165, 1.54) is 11.1 Å². The van der Waals surface area contributed by atoms with Crippen LogP contribution in [0.3, 0.4) is 0 Å². The SMILES string of the molecule is CCNC(c1ccc(Br)cc1Br)c1cscc1Br. The van der Waals surface area contributed by atoms with Gasteiger partial charge in [-0.1, -0.05) is 44.8 Å². The second-order valence-corrected chi connectivity index (χ2v) is 7.20. The standard InChI is InChI=1S/C13H12Br3NS/c1-2-17-13(10-6-18-7-12(10)16)9-4-3-8(14)5-11(9)15/h3-7,13,17H,2H2,1H3. The molecular formula is C13H12Br3NS. The van der Waals surface area contributed by atoms with Crippen molar-refractivity contribution in [2.45, 2.75) is 13.0 Å². The van der Waals surface area contributed by atoms with Crippen LogP contribution in [0.1, 0.15) is 24.1 Å². The Bertz CT molecular complexity index is 539. The van der Waals surface area contributed by atoms with Gasteiger partial charge >= 0.3 is 0 Å². The molecule has 2 rings (SSSR count). The monoisotopic (exact) mass is 451 g/mol. The van der Waals surface area contributed by atoms with Gasteiger partial charge in [0.05, 0.1) is 6.04 Å². The normalized spacial score (nSPS) is 12.7. The van der Waals surface area contributed by atoms with Crippen molar-refractivity contribution in [1.29, 1.82) is 0 Å². The summed E-state index contributed by atoms with van der Waals surface area (Å²) in [7, 11) is 0. The first-order valence-corrected chi connectivity index (χ1v) is 8.85. The van der Waals surface area contributed by atoms with E-state index in [2.05, 4.69) is 89.0 Å². The summed E-state index contributed by atoms with van der Waals surface area (Å²) in [6.45, 7) is 3.05. The van der Waals surface area contributed by atoms with Crippen LogP contribution in [0.4, 0.5) is 0 Å². The highest BCUT2D eigenvalue weighted by molar-refractivity contribution is 9.11. The largest absolute Gasteiger partial charge is 0.306 e. The second kappa shape index (κ2) is 6.66. The third-order valence-corrected chi connectivity index (χ3v) is 5.57. The first-order valence-electron chi connectivity index (χ1n) is 5.53. The molecule has 0 aliphatic rings. The fraction of sp³-hybridized carbons (Fsp3) is 0.231. The maximum absolute atomic E-state index is 3.65. The molecule has 0 radical (unpaired) electrons. The van der Waals surface area contributed by atoms with Crippen LogP contribution in [-0.2, 0) is 0 Å². The minimum absolute atomic E-state index is 0.207. The van der Waals surface area contributed by atoms with Crippen molar-refractivity contribution in [3.63, 3.8) is 0 Å². The van der Waals surface area contributed by atoms with Crippen LogP contribution in [0.15, 0.2) is 42.4 Å². The lowest BCUT2D eigenvalue weighted by Gasteiger charge is -2.20. The van der Waals surface area contributed by atoms with E-state index in [1.54, 1.807) is 11.3 Å². The third kappa shape index (κ3) is 3.25. The van der Waals surface area contributed by atoms with Crippen molar-refractivity contribution in [2.75, 3.05) is 6.54 Å². The Hall–Kier alpha value is 0.320. The molecule has 1 aromatic heterocycles. The lowest BCUT2D eigenvalue weighted by atomic mass is 10.0. The van der Waals surface area contributed by atoms with Gasteiger partial charge in [-0.2, -0.15) is 11.3 Å². The topological polar surface area (TPSA) is 12.0 Å². The predicted octanol–water partition coefficient (Wildman–Crippen LogP) is 5.73. The maximum atomic E-state index is 3.65. The molecule has 0 saturated carbocycles. The van der Waals surface area contributed by atoms with Crippen molar-refractivity contribution in [2.24, 2.45) is 0 Å². The van der Waals surface area contributed by atoms with Gasteiger partial charge in [-0.05, 0) is 51.1 Å². The number of hydrogen-bond acceptors (Lipinski definition) is 2. The van der Waals surface area contributed by atoms with Crippen LogP contribution >= 0.6 is 59.1 Å². The van der Waals surface area contributed by atoms with Crippen LogP contribution in [0.2, 0.25) is 0 Å². The van der Waals surface area contributed by atoms with Crippen LogP contribution in [0, 0.1) is 0 Å². The van der Waals surface area contributed by atoms with Crippen molar-refractivity contribution < 1.29 is 0 Å². The molecule has 0 bridgehead atoms. The summed E-state index contributed by atoms with van der Waals surface area (Å²) in [6.07, 6.45) is 0. The highest BCUT2D eigenvalue weighted by Crippen LogP contribution is 2.35. The zero-order valence-electron chi connectivity index (χ0n) is 9.71. The predicted molar refractivity (Wildman–Crippen MR) is 89.4 cm³/mol. The highest BCUT2D eigenvalue weighted by atomic mass is 79.9. The molecule has 2 aromatic rings. The zero-order valence-corrected chi connectivity index (χ0v) is 15.3. The Morgan fingerprint density at radius 3 is 2.44 bits per heavy atom. The zero-order chi connectivity index (χ0) is 13.1. The molecule has 1 aromatic carbocycles. The van der Waals surface area contributed by atoms with Crippen molar-refractivity contribution >= 4 is 59.1 Å². The number of thiophene rings is 1. The Morgan fingerprint density at radius 1 is 1.11 bits per heavy atom. The number of hydrogen-bond donors (Lipinski definition) is 1. The fourth-order valence-corrected chi connectivity index (χ4v) is 4.65. The molecule has 0 aliphatic carbocycles. The third-order valence-electron chi connectivity index (χ3n) is 2.64. The van der Waals surface area contributed by atoms with Gasteiger partial charge in [-0.3, -0.25) is 0 Å². The Kier molecular flexibility index (Phi) is 5.45. The summed E-state index contributed by atoms with van der Waals surface area (Å²) in [6, 6.07) is 6.51. The molecule has 1 N–H and O–H groups in total. The van der Waals surface area contributed by atoms with Gasteiger partial charge in [0.25, 0.3) is 0 Å². The number of rotatable bonds is 4. The number of halogens is 3. The minimum atomic E-state index is 0.207. The molecule has 18 heavy (non-hydrogen) atoms. The first kappa shape index (κ1) is 14.7. The van der Waals surface area contributed by atoms with E-state index in [4.69, 9.17) is 0 Å². The molecule has 1 unspecified atom stereocenters. The summed E-state index contributed by atoms with van der Waals surface area (Å²) in [5.41, 5.74) is 2.53. The van der Waals surface area contributed by atoms with E-state index in [-0.39, 0.29) is 6.04 Å². The van der Waals surface area contributed by atoms with Gasteiger partial charge in [-0.25, -0.2) is 0 Å². The van der Waals surface area contributed by atoms with Crippen LogP contribution in [0.5, 0.6) is 0 Å². The summed E-state index contributed by atoms with van der Waals surface area (Å²) >= 11 is 12.5. The Labute approximate surface area is 136 Å². The smallest absolute Gasteiger partial charge is 0.0607 e. The van der Waals surface area contributed by atoms with Gasteiger partial charge < -0.3 is 5.32 Å². The van der Waals surface area contributed by atoms with Gasteiger partial charge in [-0.15, -0.1) is 0 Å². The molecule has 0 saturated heterocycles. The van der Waals surface area contributed by atoms with E-state index in [9.17, 15) is 0 Å². The quantitative estimate of drug-likeness (QED) is 0.622. The van der Waals surface area contributed by atoms with E-state index >= 15 is 0 Å². The molecular weight excluding hydrogens is 442 g/mol. The van der Waals surface area contributed by atoms with E-state index in [0.717, 1.165) is 20.0 Å². The first-order chi connectivity index (χ1) is 8.63. The Morgan fingerprint density at radius 2 is 1.89 bits per heavy atom. The van der Waals surface area contributed by atoms with Crippen LogP contribution < -0.4 is 5.32 Å². The molecule has 0 amide bonds. The molecule has 1 atom stereocenters. The molecule has 1 heterocycles. The van der Waals surface area contributed by atoms with Gasteiger partial charge in [0.2, 0.25) is 0 Å². The van der Waals surface area contributed by atoms with Crippen LogP contribution in [0.25, 0.3) is 0 Å². The van der Waals surface area contributed by atoms with Crippen molar-refractivity contribution in [1.82, 2.24) is 5.32 Å². The molecule has 5 heteroatoms. The second-order valence-electron chi connectivity index (χ2n) is 3.83. The lowest BCUT2D eigenvalue weighted by molar-refractivity contribution is 0.628.